The molecule has 2 saturated heterocycles. The first-order valence-electron chi connectivity index (χ1n) is 13.3. The molecule has 3 heterocycles. The molecule has 0 saturated carbocycles. The lowest BCUT2D eigenvalue weighted by atomic mass is 10.0. The summed E-state index contributed by atoms with van der Waals surface area (Å²) < 4.78 is 11.5. The molecule has 4 rings (SSSR count). The Balaban J connectivity index is 0.000000482. The van der Waals surface area contributed by atoms with E-state index in [1.54, 1.807) is 0 Å². The van der Waals surface area contributed by atoms with Crippen LogP contribution in [-0.4, -0.2) is 126 Å². The fourth-order valence-corrected chi connectivity index (χ4v) is 4.30. The van der Waals surface area contributed by atoms with Gasteiger partial charge in [0.25, 0.3) is 5.91 Å². The van der Waals surface area contributed by atoms with Gasteiger partial charge in [0.05, 0.1) is 18.9 Å². The molecular weight excluding hydrogens is 522 g/mol. The van der Waals surface area contributed by atoms with Gasteiger partial charge in [0.15, 0.2) is 0 Å². The number of aliphatic carboxylic acids is 2. The minimum atomic E-state index is -1.26. The van der Waals surface area contributed by atoms with E-state index in [0.717, 1.165) is 68.3 Å². The predicted octanol–water partition coefficient (Wildman–Crippen LogP) is 1.58. The van der Waals surface area contributed by atoms with E-state index in [1.807, 2.05) is 18.2 Å². The van der Waals surface area contributed by atoms with Crippen LogP contribution in [0.15, 0.2) is 35.5 Å². The van der Waals surface area contributed by atoms with Crippen LogP contribution in [0.5, 0.6) is 11.5 Å². The monoisotopic (exact) mass is 559 g/mol. The number of rotatable bonds is 10. The number of benzene rings is 1. The van der Waals surface area contributed by atoms with Crippen LogP contribution in [0.1, 0.15) is 31.7 Å². The lowest BCUT2D eigenvalue weighted by Gasteiger charge is -2.32. The average molecular weight is 560 g/mol. The average Bonchev–Trinajstić information content (AvgIpc) is 3.19. The highest BCUT2D eigenvalue weighted by molar-refractivity contribution is 6.06. The van der Waals surface area contributed by atoms with E-state index in [4.69, 9.17) is 19.7 Å². The number of carboxylic acids is 2. The molecule has 218 valence electrons. The molecule has 3 aliphatic heterocycles. The molecule has 2 N–H and O–H groups in total. The topological polar surface area (TPSA) is 153 Å². The molecule has 2 fully saturated rings. The minimum Gasteiger partial charge on any atom is -0.494 e. The summed E-state index contributed by atoms with van der Waals surface area (Å²) in [4.78, 5) is 50.5. The van der Waals surface area contributed by atoms with E-state index < -0.39 is 11.9 Å². The van der Waals surface area contributed by atoms with Crippen molar-refractivity contribution in [1.82, 2.24) is 19.7 Å². The van der Waals surface area contributed by atoms with Crippen molar-refractivity contribution in [3.63, 3.8) is 0 Å². The summed E-state index contributed by atoms with van der Waals surface area (Å²) in [5.41, 5.74) is 1.56. The van der Waals surface area contributed by atoms with Crippen molar-refractivity contribution in [2.75, 3.05) is 66.1 Å². The summed E-state index contributed by atoms with van der Waals surface area (Å²) in [5.74, 6) is -1.23. The van der Waals surface area contributed by atoms with E-state index in [-0.39, 0.29) is 18.5 Å². The third kappa shape index (κ3) is 9.06. The minimum absolute atomic E-state index is 0.0148. The van der Waals surface area contributed by atoms with Crippen molar-refractivity contribution < 1.29 is 38.9 Å². The van der Waals surface area contributed by atoms with Crippen LogP contribution in [0.3, 0.4) is 0 Å². The van der Waals surface area contributed by atoms with Crippen LogP contribution >= 0.6 is 0 Å². The van der Waals surface area contributed by atoms with Crippen LogP contribution in [0.2, 0.25) is 0 Å². The largest absolute Gasteiger partial charge is 0.494 e. The molecule has 0 bridgehead atoms. The second-order valence-electron chi connectivity index (χ2n) is 9.55. The van der Waals surface area contributed by atoms with Gasteiger partial charge in [-0.25, -0.2) is 19.4 Å². The standard InChI is InChI=1S/C23H33N5O4.C4H4O4/c1-3-14-31-18-5-6-21-19(16-18)20(7-15-32-21)24-28-17-22(29)27(23(28)30)9-4-8-26-12-10-25(2)11-13-26;5-3(6)1-2-4(7)8/h5-6,16H,3-4,7-15,17H2,1-2H3;1-2H,(H,5,6)(H,7,8)/b24-20+;2-1+. The third-order valence-electron chi connectivity index (χ3n) is 6.43. The number of imide groups is 1. The molecule has 0 atom stereocenters. The predicted molar refractivity (Wildman–Crippen MR) is 146 cm³/mol. The van der Waals surface area contributed by atoms with Gasteiger partial charge in [-0.2, -0.15) is 5.10 Å². The molecular formula is C27H37N5O8. The molecule has 1 aromatic carbocycles. The molecule has 0 radical (unpaired) electrons. The zero-order valence-electron chi connectivity index (χ0n) is 23.0. The van der Waals surface area contributed by atoms with Gasteiger partial charge in [0.2, 0.25) is 0 Å². The van der Waals surface area contributed by atoms with Crippen LogP contribution < -0.4 is 9.47 Å². The molecule has 0 aliphatic carbocycles. The number of fused-ring (bicyclic) bond motifs is 1. The fourth-order valence-electron chi connectivity index (χ4n) is 4.30. The quantitative estimate of drug-likeness (QED) is 0.319. The van der Waals surface area contributed by atoms with Gasteiger partial charge < -0.3 is 29.5 Å². The number of nitrogens with zero attached hydrogens (tertiary/aromatic N) is 5. The van der Waals surface area contributed by atoms with Crippen molar-refractivity contribution in [1.29, 1.82) is 0 Å². The van der Waals surface area contributed by atoms with Crippen LogP contribution in [-0.2, 0) is 14.4 Å². The lowest BCUT2D eigenvalue weighted by molar-refractivity contribution is -0.134. The first-order chi connectivity index (χ1) is 19.2. The molecule has 3 aliphatic rings. The highest BCUT2D eigenvalue weighted by Crippen LogP contribution is 2.30. The van der Waals surface area contributed by atoms with Gasteiger partial charge in [0, 0.05) is 56.9 Å². The van der Waals surface area contributed by atoms with Crippen LogP contribution in [0.4, 0.5) is 4.79 Å². The number of carbonyl (C=O) groups excluding carboxylic acids is 2. The Kier molecular flexibility index (Phi) is 11.5. The summed E-state index contributed by atoms with van der Waals surface area (Å²) in [7, 11) is 2.13. The SMILES string of the molecule is CCCOc1ccc2c(c1)/C(=N/N1CC(=O)N(CCCN3CCN(C)CC3)C1=O)CCO2.O=C(O)/C=C/C(=O)O. The van der Waals surface area contributed by atoms with Crippen LogP contribution in [0, 0.1) is 0 Å². The van der Waals surface area contributed by atoms with E-state index in [9.17, 15) is 19.2 Å². The van der Waals surface area contributed by atoms with Gasteiger partial charge >= 0.3 is 18.0 Å². The van der Waals surface area contributed by atoms with Crippen LogP contribution in [0.25, 0.3) is 0 Å². The Bertz CT molecular complexity index is 1110. The highest BCUT2D eigenvalue weighted by atomic mass is 16.5. The number of urea groups is 1. The number of hydrogen-bond donors (Lipinski definition) is 2. The normalized spacial score (nSPS) is 18.9. The molecule has 0 aromatic heterocycles. The van der Waals surface area contributed by atoms with E-state index in [0.29, 0.717) is 38.3 Å². The molecule has 1 aromatic rings. The molecule has 13 heteroatoms. The number of carbonyl (C=O) groups is 4. The number of ether oxygens (including phenoxy) is 2. The van der Waals surface area contributed by atoms with Gasteiger partial charge in [-0.1, -0.05) is 6.92 Å². The summed E-state index contributed by atoms with van der Waals surface area (Å²) in [6, 6.07) is 5.31. The summed E-state index contributed by atoms with van der Waals surface area (Å²) in [6.45, 7) is 8.67. The number of amides is 3. The van der Waals surface area contributed by atoms with E-state index in [1.165, 1.54) is 9.91 Å². The maximum atomic E-state index is 12.9. The van der Waals surface area contributed by atoms with Gasteiger partial charge in [0.1, 0.15) is 18.0 Å². The first-order valence-corrected chi connectivity index (χ1v) is 13.3. The van der Waals surface area contributed by atoms with Gasteiger partial charge in [-0.15, -0.1) is 0 Å². The number of likely N-dealkylation sites (N-methyl/N-ethyl adjacent to an activating group) is 1. The zero-order chi connectivity index (χ0) is 29.1. The van der Waals surface area contributed by atoms with Crippen molar-refractivity contribution >= 4 is 29.6 Å². The smallest absolute Gasteiger partial charge is 0.347 e. The number of hydrazone groups is 1. The maximum Gasteiger partial charge on any atom is 0.347 e. The molecule has 3 amide bonds. The van der Waals surface area contributed by atoms with Crippen molar-refractivity contribution in [3.05, 3.63) is 35.9 Å². The third-order valence-corrected chi connectivity index (χ3v) is 6.43. The summed E-state index contributed by atoms with van der Waals surface area (Å²) >= 11 is 0. The zero-order valence-corrected chi connectivity index (χ0v) is 23.0. The molecule has 13 nitrogen and oxygen atoms in total. The fraction of sp³-hybridized carbons (Fsp3) is 0.519. The Hall–Kier alpha value is -3.97. The second-order valence-corrected chi connectivity index (χ2v) is 9.55. The van der Waals surface area contributed by atoms with Gasteiger partial charge in [-0.05, 0) is 44.6 Å². The first kappa shape index (κ1) is 30.6. The number of carboxylic acid groups (broad SMARTS) is 2. The molecule has 0 spiro atoms. The summed E-state index contributed by atoms with van der Waals surface area (Å²) in [6.07, 6.45) is 3.39. The second kappa shape index (κ2) is 15.0. The van der Waals surface area contributed by atoms with Crippen molar-refractivity contribution in [3.8, 4) is 11.5 Å². The Morgan fingerprint density at radius 1 is 1.07 bits per heavy atom. The summed E-state index contributed by atoms with van der Waals surface area (Å²) in [5, 5.41) is 21.5. The Labute approximate surface area is 233 Å². The highest BCUT2D eigenvalue weighted by Gasteiger charge is 2.36. The maximum absolute atomic E-state index is 12.9. The van der Waals surface area contributed by atoms with E-state index >= 15 is 0 Å². The molecule has 0 unspecified atom stereocenters. The molecule has 40 heavy (non-hydrogen) atoms. The van der Waals surface area contributed by atoms with Gasteiger partial charge in [-0.3, -0.25) is 9.69 Å². The lowest BCUT2D eigenvalue weighted by Crippen LogP contribution is -2.45. The van der Waals surface area contributed by atoms with Crippen molar-refractivity contribution in [2.24, 2.45) is 5.10 Å². The van der Waals surface area contributed by atoms with E-state index in [2.05, 4.69) is 28.9 Å². The number of hydrogen-bond acceptors (Lipinski definition) is 9. The van der Waals surface area contributed by atoms with Crippen molar-refractivity contribution in [2.45, 2.75) is 26.2 Å². The Morgan fingerprint density at radius 3 is 2.42 bits per heavy atom. The number of piperazine rings is 1. The Morgan fingerprint density at radius 2 is 1.77 bits per heavy atom.